The Kier molecular flexibility index (Phi) is 3.88. The fraction of sp³-hybridized carbons (Fsp3) is 0.571. The van der Waals surface area contributed by atoms with Crippen LogP contribution in [-0.4, -0.2) is 6.04 Å². The van der Waals surface area contributed by atoms with Crippen molar-refractivity contribution in [1.82, 2.24) is 5.32 Å². The van der Waals surface area contributed by atoms with Crippen LogP contribution in [0.5, 0.6) is 0 Å². The molecular weight excluding hydrogens is 281 g/mol. The van der Waals surface area contributed by atoms with Gasteiger partial charge in [0.25, 0.3) is 0 Å². The second kappa shape index (κ2) is 5.07. The summed E-state index contributed by atoms with van der Waals surface area (Å²) >= 11 is 3.30. The molecule has 1 aliphatic rings. The molecule has 0 spiro atoms. The second-order valence-electron chi connectivity index (χ2n) is 5.53. The van der Waals surface area contributed by atoms with Crippen molar-refractivity contribution in [2.75, 3.05) is 0 Å². The van der Waals surface area contributed by atoms with E-state index in [2.05, 4.69) is 35.1 Å². The third-order valence-corrected chi connectivity index (χ3v) is 4.72. The van der Waals surface area contributed by atoms with E-state index in [1.807, 2.05) is 6.07 Å². The van der Waals surface area contributed by atoms with Gasteiger partial charge in [-0.2, -0.15) is 0 Å². The number of hydrogen-bond donors (Lipinski definition) is 1. The molecular formula is C14H19BrFN. The second-order valence-corrected chi connectivity index (χ2v) is 6.32. The summed E-state index contributed by atoms with van der Waals surface area (Å²) in [5, 5.41) is 3.56. The smallest absolute Gasteiger partial charge is 0.137 e. The van der Waals surface area contributed by atoms with E-state index in [0.717, 1.165) is 12.1 Å². The van der Waals surface area contributed by atoms with Crippen molar-refractivity contribution in [1.29, 1.82) is 0 Å². The summed E-state index contributed by atoms with van der Waals surface area (Å²) in [5.41, 5.74) is 1.35. The Hall–Kier alpha value is -0.410. The average molecular weight is 300 g/mol. The van der Waals surface area contributed by atoms with Crippen LogP contribution >= 0.6 is 15.9 Å². The van der Waals surface area contributed by atoms with Crippen LogP contribution in [0.2, 0.25) is 0 Å². The minimum atomic E-state index is -0.185. The van der Waals surface area contributed by atoms with Crippen LogP contribution in [-0.2, 0) is 6.54 Å². The molecule has 0 amide bonds. The van der Waals surface area contributed by atoms with E-state index in [1.165, 1.54) is 25.3 Å². The topological polar surface area (TPSA) is 12.0 Å². The lowest BCUT2D eigenvalue weighted by Crippen LogP contribution is -2.37. The first kappa shape index (κ1) is 13.0. The van der Waals surface area contributed by atoms with Gasteiger partial charge < -0.3 is 5.32 Å². The Morgan fingerprint density at radius 1 is 1.47 bits per heavy atom. The van der Waals surface area contributed by atoms with Gasteiger partial charge in [0, 0.05) is 12.6 Å². The highest BCUT2D eigenvalue weighted by Gasteiger charge is 2.33. The molecule has 0 saturated heterocycles. The Labute approximate surface area is 111 Å². The predicted molar refractivity (Wildman–Crippen MR) is 72.4 cm³/mol. The van der Waals surface area contributed by atoms with Gasteiger partial charge in [-0.25, -0.2) is 4.39 Å². The lowest BCUT2D eigenvalue weighted by Gasteiger charge is -2.28. The maximum atomic E-state index is 13.4. The van der Waals surface area contributed by atoms with Crippen molar-refractivity contribution in [2.24, 2.45) is 5.41 Å². The van der Waals surface area contributed by atoms with Crippen LogP contribution in [0.1, 0.15) is 38.7 Å². The molecule has 0 aliphatic heterocycles. The highest BCUT2D eigenvalue weighted by Crippen LogP contribution is 2.37. The monoisotopic (exact) mass is 299 g/mol. The fourth-order valence-corrected chi connectivity index (χ4v) is 3.03. The summed E-state index contributed by atoms with van der Waals surface area (Å²) in [6.07, 6.45) is 3.78. The Balaban J connectivity index is 2.01. The zero-order chi connectivity index (χ0) is 12.5. The van der Waals surface area contributed by atoms with Gasteiger partial charge in [-0.05, 0) is 45.8 Å². The van der Waals surface area contributed by atoms with Crippen LogP contribution in [0.3, 0.4) is 0 Å². The quantitative estimate of drug-likeness (QED) is 0.879. The predicted octanol–water partition coefficient (Wildman–Crippen LogP) is 4.26. The maximum Gasteiger partial charge on any atom is 0.137 e. The van der Waals surface area contributed by atoms with Crippen molar-refractivity contribution >= 4 is 15.9 Å². The van der Waals surface area contributed by atoms with Crippen molar-refractivity contribution in [2.45, 2.75) is 45.7 Å². The summed E-state index contributed by atoms with van der Waals surface area (Å²) in [6.45, 7) is 5.34. The molecule has 94 valence electrons. The molecule has 1 fully saturated rings. The number of nitrogens with one attached hydrogen (secondary N) is 1. The van der Waals surface area contributed by atoms with Gasteiger partial charge in [0.15, 0.2) is 0 Å². The minimum Gasteiger partial charge on any atom is -0.309 e. The van der Waals surface area contributed by atoms with Crippen LogP contribution in [0.15, 0.2) is 22.7 Å². The molecule has 1 atom stereocenters. The van der Waals surface area contributed by atoms with Crippen LogP contribution < -0.4 is 5.32 Å². The van der Waals surface area contributed by atoms with Gasteiger partial charge in [0.2, 0.25) is 0 Å². The molecule has 0 bridgehead atoms. The van der Waals surface area contributed by atoms with E-state index in [-0.39, 0.29) is 5.82 Å². The molecule has 1 N–H and O–H groups in total. The van der Waals surface area contributed by atoms with E-state index >= 15 is 0 Å². The van der Waals surface area contributed by atoms with Gasteiger partial charge in [-0.1, -0.05) is 32.4 Å². The van der Waals surface area contributed by atoms with Gasteiger partial charge in [-0.15, -0.1) is 0 Å². The molecule has 17 heavy (non-hydrogen) atoms. The van der Waals surface area contributed by atoms with E-state index in [4.69, 9.17) is 0 Å². The molecule has 1 aromatic carbocycles. The minimum absolute atomic E-state index is 0.185. The Morgan fingerprint density at radius 2 is 2.24 bits per heavy atom. The number of halogens is 2. The zero-order valence-corrected chi connectivity index (χ0v) is 12.0. The van der Waals surface area contributed by atoms with E-state index in [0.29, 0.717) is 15.9 Å². The third kappa shape index (κ3) is 2.89. The molecule has 3 heteroatoms. The average Bonchev–Trinajstić information content (AvgIpc) is 2.60. The van der Waals surface area contributed by atoms with Crippen LogP contribution in [0.25, 0.3) is 0 Å². The van der Waals surface area contributed by atoms with Gasteiger partial charge in [0.05, 0.1) is 4.47 Å². The highest BCUT2D eigenvalue weighted by atomic mass is 79.9. The first-order valence-electron chi connectivity index (χ1n) is 6.17. The molecule has 1 unspecified atom stereocenters. The van der Waals surface area contributed by atoms with E-state index in [9.17, 15) is 4.39 Å². The standard InChI is InChI=1S/C14H19BrFN/c1-14(2)8-4-7-12(14)17-9-10-5-3-6-11(16)13(10)15/h3,5-6,12,17H,4,7-9H2,1-2H3. The molecule has 1 aliphatic carbocycles. The van der Waals surface area contributed by atoms with E-state index < -0.39 is 0 Å². The summed E-state index contributed by atoms with van der Waals surface area (Å²) in [6, 6.07) is 5.74. The molecule has 0 radical (unpaired) electrons. The van der Waals surface area contributed by atoms with Crippen LogP contribution in [0, 0.1) is 11.2 Å². The number of hydrogen-bond acceptors (Lipinski definition) is 1. The Bertz CT molecular complexity index is 403. The van der Waals surface area contributed by atoms with Gasteiger partial charge in [-0.3, -0.25) is 0 Å². The molecule has 1 aromatic rings. The highest BCUT2D eigenvalue weighted by molar-refractivity contribution is 9.10. The summed E-state index contributed by atoms with van der Waals surface area (Å²) in [5.74, 6) is -0.185. The van der Waals surface area contributed by atoms with Crippen LogP contribution in [0.4, 0.5) is 4.39 Å². The summed E-state index contributed by atoms with van der Waals surface area (Å²) in [4.78, 5) is 0. The van der Waals surface area contributed by atoms with Crippen molar-refractivity contribution < 1.29 is 4.39 Å². The summed E-state index contributed by atoms with van der Waals surface area (Å²) in [7, 11) is 0. The van der Waals surface area contributed by atoms with Crippen molar-refractivity contribution in [3.05, 3.63) is 34.1 Å². The van der Waals surface area contributed by atoms with Crippen molar-refractivity contribution in [3.63, 3.8) is 0 Å². The largest absolute Gasteiger partial charge is 0.309 e. The lowest BCUT2D eigenvalue weighted by molar-refractivity contribution is 0.282. The molecule has 0 heterocycles. The fourth-order valence-electron chi connectivity index (χ4n) is 2.62. The number of benzene rings is 1. The number of rotatable bonds is 3. The molecule has 1 nitrogen and oxygen atoms in total. The molecule has 1 saturated carbocycles. The zero-order valence-electron chi connectivity index (χ0n) is 10.4. The normalized spacial score (nSPS) is 22.9. The van der Waals surface area contributed by atoms with Gasteiger partial charge in [0.1, 0.15) is 5.82 Å². The van der Waals surface area contributed by atoms with E-state index in [1.54, 1.807) is 6.07 Å². The first-order chi connectivity index (χ1) is 8.00. The summed E-state index contributed by atoms with van der Waals surface area (Å²) < 4.78 is 13.9. The SMILES string of the molecule is CC1(C)CCCC1NCc1cccc(F)c1Br. The Morgan fingerprint density at radius 3 is 2.88 bits per heavy atom. The molecule has 0 aromatic heterocycles. The van der Waals surface area contributed by atoms with Crippen molar-refractivity contribution in [3.8, 4) is 0 Å². The lowest BCUT2D eigenvalue weighted by atomic mass is 9.87. The first-order valence-corrected chi connectivity index (χ1v) is 6.96. The third-order valence-electron chi connectivity index (χ3n) is 3.83. The maximum absolute atomic E-state index is 13.4. The molecule has 2 rings (SSSR count). The van der Waals surface area contributed by atoms with Gasteiger partial charge >= 0.3 is 0 Å².